The molecule has 0 saturated carbocycles. The van der Waals surface area contributed by atoms with Crippen molar-refractivity contribution in [1.82, 2.24) is 20.1 Å². The van der Waals surface area contributed by atoms with Crippen molar-refractivity contribution in [3.8, 4) is 0 Å². The molecule has 1 aromatic rings. The number of halogens is 2. The number of hydrogen-bond donors (Lipinski definition) is 1. The molecule has 3 heterocycles. The second-order valence-electron chi connectivity index (χ2n) is 5.64. The Bertz CT molecular complexity index is 401. The summed E-state index contributed by atoms with van der Waals surface area (Å²) in [7, 11) is 0. The van der Waals surface area contributed by atoms with Gasteiger partial charge in [0.15, 0.2) is 0 Å². The van der Waals surface area contributed by atoms with E-state index in [1.165, 1.54) is 69.2 Å². The zero-order valence-corrected chi connectivity index (χ0v) is 15.0. The van der Waals surface area contributed by atoms with E-state index in [1.54, 1.807) is 11.3 Å². The van der Waals surface area contributed by atoms with Crippen molar-refractivity contribution in [2.75, 3.05) is 45.8 Å². The third-order valence-electron chi connectivity index (χ3n) is 4.46. The molecular weight excluding hydrogens is 327 g/mol. The molecule has 1 unspecified atom stereocenters. The van der Waals surface area contributed by atoms with Gasteiger partial charge in [-0.3, -0.25) is 4.90 Å². The normalized spacial score (nSPS) is 23.6. The van der Waals surface area contributed by atoms with E-state index in [-0.39, 0.29) is 24.8 Å². The second-order valence-corrected chi connectivity index (χ2v) is 6.57. The highest BCUT2D eigenvalue weighted by molar-refractivity contribution is 7.09. The van der Waals surface area contributed by atoms with Gasteiger partial charge in [0.05, 0.1) is 11.2 Å². The minimum absolute atomic E-state index is 0. The Labute approximate surface area is 144 Å². The van der Waals surface area contributed by atoms with Crippen molar-refractivity contribution in [1.29, 1.82) is 0 Å². The molecule has 1 aromatic heterocycles. The van der Waals surface area contributed by atoms with E-state index in [0.717, 1.165) is 6.04 Å². The van der Waals surface area contributed by atoms with Crippen LogP contribution < -0.4 is 5.32 Å². The first kappa shape index (κ1) is 19.1. The number of nitrogens with one attached hydrogen (secondary N) is 1. The molecule has 0 amide bonds. The summed E-state index contributed by atoms with van der Waals surface area (Å²) in [5, 5.41) is 3.47. The first-order valence-corrected chi connectivity index (χ1v) is 8.27. The number of hydrogen-bond acceptors (Lipinski definition) is 5. The molecular formula is C14H26Cl2N4S. The van der Waals surface area contributed by atoms with Gasteiger partial charge in [-0.1, -0.05) is 0 Å². The summed E-state index contributed by atoms with van der Waals surface area (Å²) in [5.74, 6) is 0. The molecule has 21 heavy (non-hydrogen) atoms. The summed E-state index contributed by atoms with van der Waals surface area (Å²) >= 11 is 1.80. The van der Waals surface area contributed by atoms with Gasteiger partial charge in [-0.2, -0.15) is 0 Å². The average molecular weight is 353 g/mol. The number of nitrogens with zero attached hydrogens (tertiary/aromatic N) is 3. The molecule has 0 spiro atoms. The van der Waals surface area contributed by atoms with Crippen LogP contribution in [0.5, 0.6) is 0 Å². The Hall–Kier alpha value is 0.0900. The smallest absolute Gasteiger partial charge is 0.0797 e. The van der Waals surface area contributed by atoms with E-state index in [2.05, 4.69) is 27.0 Å². The molecule has 0 aliphatic carbocycles. The SMILES string of the molecule is Cc1ncsc1CCN1CCN(C2CCNC2)CC1.Cl.Cl. The molecule has 0 aromatic carbocycles. The standard InChI is InChI=1S/C14H24N4S.2ClH/c1-12-14(19-11-16-12)3-5-17-6-8-18(9-7-17)13-2-4-15-10-13;;/h11,13,15H,2-10H2,1H3;2*1H. The van der Waals surface area contributed by atoms with Gasteiger partial charge in [0.25, 0.3) is 0 Å². The molecule has 1 N–H and O–H groups in total. The number of piperazine rings is 1. The zero-order valence-electron chi connectivity index (χ0n) is 12.6. The van der Waals surface area contributed by atoms with Crippen LogP contribution in [0.25, 0.3) is 0 Å². The first-order valence-electron chi connectivity index (χ1n) is 7.39. The minimum Gasteiger partial charge on any atom is -0.315 e. The third-order valence-corrected chi connectivity index (χ3v) is 5.45. The van der Waals surface area contributed by atoms with E-state index in [9.17, 15) is 0 Å². The first-order chi connectivity index (χ1) is 9.33. The highest BCUT2D eigenvalue weighted by Gasteiger charge is 2.25. The molecule has 4 nitrogen and oxygen atoms in total. The van der Waals surface area contributed by atoms with Crippen molar-refractivity contribution in [2.24, 2.45) is 0 Å². The van der Waals surface area contributed by atoms with Crippen LogP contribution in [0.15, 0.2) is 5.51 Å². The molecule has 122 valence electrons. The maximum atomic E-state index is 4.33. The van der Waals surface area contributed by atoms with Crippen LogP contribution in [-0.4, -0.2) is 66.6 Å². The molecule has 3 rings (SSSR count). The van der Waals surface area contributed by atoms with E-state index in [0.29, 0.717) is 0 Å². The Morgan fingerprint density at radius 1 is 1.29 bits per heavy atom. The van der Waals surface area contributed by atoms with Gasteiger partial charge in [0, 0.05) is 50.2 Å². The van der Waals surface area contributed by atoms with Gasteiger partial charge in [-0.15, -0.1) is 36.2 Å². The van der Waals surface area contributed by atoms with Crippen LogP contribution in [0.1, 0.15) is 17.0 Å². The fourth-order valence-corrected chi connectivity index (χ4v) is 3.90. The molecule has 1 atom stereocenters. The topological polar surface area (TPSA) is 31.4 Å². The quantitative estimate of drug-likeness (QED) is 0.895. The van der Waals surface area contributed by atoms with Gasteiger partial charge in [-0.05, 0) is 26.3 Å². The molecule has 0 radical (unpaired) electrons. The number of thiazole rings is 1. The lowest BCUT2D eigenvalue weighted by Gasteiger charge is -2.37. The van der Waals surface area contributed by atoms with Crippen molar-refractivity contribution >= 4 is 36.2 Å². The van der Waals surface area contributed by atoms with Crippen LogP contribution in [-0.2, 0) is 6.42 Å². The summed E-state index contributed by atoms with van der Waals surface area (Å²) in [5.41, 5.74) is 3.19. The number of aryl methyl sites for hydroxylation is 1. The van der Waals surface area contributed by atoms with Crippen molar-refractivity contribution < 1.29 is 0 Å². The summed E-state index contributed by atoms with van der Waals surface area (Å²) < 4.78 is 0. The summed E-state index contributed by atoms with van der Waals surface area (Å²) in [6, 6.07) is 0.797. The van der Waals surface area contributed by atoms with Crippen molar-refractivity contribution in [3.63, 3.8) is 0 Å². The lowest BCUT2D eigenvalue weighted by Crippen LogP contribution is -2.51. The van der Waals surface area contributed by atoms with E-state index < -0.39 is 0 Å². The lowest BCUT2D eigenvalue weighted by molar-refractivity contribution is 0.103. The summed E-state index contributed by atoms with van der Waals surface area (Å²) in [4.78, 5) is 11.1. The molecule has 2 fully saturated rings. The van der Waals surface area contributed by atoms with Gasteiger partial charge in [-0.25, -0.2) is 4.98 Å². The van der Waals surface area contributed by atoms with Crippen LogP contribution >= 0.6 is 36.2 Å². The third kappa shape index (κ3) is 5.05. The Kier molecular flexibility index (Phi) is 8.46. The van der Waals surface area contributed by atoms with Gasteiger partial charge >= 0.3 is 0 Å². The molecule has 2 aliphatic rings. The van der Waals surface area contributed by atoms with Crippen LogP contribution in [0.3, 0.4) is 0 Å². The fraction of sp³-hybridized carbons (Fsp3) is 0.786. The maximum absolute atomic E-state index is 4.33. The second kappa shape index (κ2) is 9.28. The van der Waals surface area contributed by atoms with Crippen LogP contribution in [0.4, 0.5) is 0 Å². The maximum Gasteiger partial charge on any atom is 0.0797 e. The average Bonchev–Trinajstić information content (AvgIpc) is 3.09. The van der Waals surface area contributed by atoms with Crippen molar-refractivity contribution in [3.05, 3.63) is 16.1 Å². The fourth-order valence-electron chi connectivity index (χ4n) is 3.13. The van der Waals surface area contributed by atoms with Gasteiger partial charge in [0.2, 0.25) is 0 Å². The Balaban J connectivity index is 0.00000110. The number of rotatable bonds is 4. The van der Waals surface area contributed by atoms with E-state index in [4.69, 9.17) is 0 Å². The van der Waals surface area contributed by atoms with E-state index in [1.807, 2.05) is 5.51 Å². The largest absolute Gasteiger partial charge is 0.315 e. The minimum atomic E-state index is 0. The molecule has 0 bridgehead atoms. The van der Waals surface area contributed by atoms with Crippen molar-refractivity contribution in [2.45, 2.75) is 25.8 Å². The van der Waals surface area contributed by atoms with Crippen LogP contribution in [0.2, 0.25) is 0 Å². The monoisotopic (exact) mass is 352 g/mol. The molecule has 2 aliphatic heterocycles. The highest BCUT2D eigenvalue weighted by atomic mass is 35.5. The highest BCUT2D eigenvalue weighted by Crippen LogP contribution is 2.15. The van der Waals surface area contributed by atoms with Crippen LogP contribution in [0, 0.1) is 6.92 Å². The number of aromatic nitrogens is 1. The van der Waals surface area contributed by atoms with E-state index >= 15 is 0 Å². The Morgan fingerprint density at radius 3 is 2.62 bits per heavy atom. The zero-order chi connectivity index (χ0) is 13.1. The Morgan fingerprint density at radius 2 is 2.05 bits per heavy atom. The van der Waals surface area contributed by atoms with Gasteiger partial charge < -0.3 is 10.2 Å². The predicted molar refractivity (Wildman–Crippen MR) is 94.3 cm³/mol. The van der Waals surface area contributed by atoms with Gasteiger partial charge in [0.1, 0.15) is 0 Å². The summed E-state index contributed by atoms with van der Waals surface area (Å²) in [6.07, 6.45) is 2.50. The molecule has 2 saturated heterocycles. The predicted octanol–water partition coefficient (Wildman–Crippen LogP) is 1.82. The lowest BCUT2D eigenvalue weighted by atomic mass is 10.2. The molecule has 7 heteroatoms. The summed E-state index contributed by atoms with van der Waals surface area (Å²) in [6.45, 7) is 10.7.